The first kappa shape index (κ1) is 16.7. The molecule has 10 nitrogen and oxygen atoms in total. The highest BCUT2D eigenvalue weighted by molar-refractivity contribution is 6.27. The van der Waals surface area contributed by atoms with Crippen molar-refractivity contribution < 1.29 is 50.1 Å². The van der Waals surface area contributed by atoms with Crippen molar-refractivity contribution in [3.8, 4) is 0 Å². The number of carboxylic acids is 2. The van der Waals surface area contributed by atoms with Crippen molar-refractivity contribution >= 4 is 11.9 Å². The summed E-state index contributed by atoms with van der Waals surface area (Å²) in [6.45, 7) is -0.526. The van der Waals surface area contributed by atoms with Crippen molar-refractivity contribution in [3.63, 3.8) is 0 Å². The maximum absolute atomic E-state index is 9.12. The first-order chi connectivity index (χ1) is 8.22. The number of hydrogen-bond donors (Lipinski definition) is 7. The summed E-state index contributed by atoms with van der Waals surface area (Å²) in [5, 5.41) is 59.4. The molecule has 5 atom stereocenters. The monoisotopic (exact) mass is 270 g/mol. The lowest BCUT2D eigenvalue weighted by Crippen LogP contribution is -2.58. The predicted octanol–water partition coefficient (Wildman–Crippen LogP) is -4.07. The van der Waals surface area contributed by atoms with Gasteiger partial charge in [-0.2, -0.15) is 0 Å². The molecule has 106 valence electrons. The molecule has 1 aliphatic rings. The molecular weight excluding hydrogens is 256 g/mol. The third-order valence-corrected chi connectivity index (χ3v) is 2.05. The fourth-order valence-corrected chi connectivity index (χ4v) is 1.08. The van der Waals surface area contributed by atoms with Crippen molar-refractivity contribution in [1.29, 1.82) is 0 Å². The van der Waals surface area contributed by atoms with E-state index in [2.05, 4.69) is 4.74 Å². The summed E-state index contributed by atoms with van der Waals surface area (Å²) in [5.74, 6) is -3.65. The average molecular weight is 270 g/mol. The van der Waals surface area contributed by atoms with Crippen molar-refractivity contribution in [2.24, 2.45) is 0 Å². The fourth-order valence-electron chi connectivity index (χ4n) is 1.08. The van der Waals surface area contributed by atoms with Crippen LogP contribution in [0.1, 0.15) is 0 Å². The smallest absolute Gasteiger partial charge is 0.414 e. The fraction of sp³-hybridized carbons (Fsp3) is 0.750. The van der Waals surface area contributed by atoms with E-state index >= 15 is 0 Å². The quantitative estimate of drug-likeness (QED) is 0.231. The third kappa shape index (κ3) is 4.52. The second-order valence-electron chi connectivity index (χ2n) is 3.33. The summed E-state index contributed by atoms with van der Waals surface area (Å²) in [5.41, 5.74) is 0. The zero-order chi connectivity index (χ0) is 14.5. The molecule has 0 aromatic carbocycles. The average Bonchev–Trinajstić information content (AvgIpc) is 2.31. The summed E-state index contributed by atoms with van der Waals surface area (Å²) in [6, 6.07) is 0. The van der Waals surface area contributed by atoms with Gasteiger partial charge in [0.05, 0.1) is 6.61 Å². The van der Waals surface area contributed by atoms with Gasteiger partial charge >= 0.3 is 11.9 Å². The van der Waals surface area contributed by atoms with Gasteiger partial charge in [-0.25, -0.2) is 9.59 Å². The zero-order valence-electron chi connectivity index (χ0n) is 8.95. The largest absolute Gasteiger partial charge is 0.473 e. The van der Waals surface area contributed by atoms with Crippen LogP contribution >= 0.6 is 0 Å². The first-order valence-electron chi connectivity index (χ1n) is 4.67. The Morgan fingerprint density at radius 1 is 0.889 bits per heavy atom. The highest BCUT2D eigenvalue weighted by atomic mass is 16.6. The van der Waals surface area contributed by atoms with Gasteiger partial charge in [0.15, 0.2) is 6.29 Å². The Bertz CT molecular complexity index is 275. The Morgan fingerprint density at radius 2 is 1.33 bits per heavy atom. The minimum absolute atomic E-state index is 0.526. The molecule has 0 saturated carbocycles. The van der Waals surface area contributed by atoms with Crippen LogP contribution < -0.4 is 0 Å². The summed E-state index contributed by atoms with van der Waals surface area (Å²) < 4.78 is 4.58. The molecule has 0 bridgehead atoms. The number of rotatable bonds is 1. The molecule has 7 N–H and O–H groups in total. The van der Waals surface area contributed by atoms with Gasteiger partial charge in [0.25, 0.3) is 0 Å². The standard InChI is InChI=1S/C6H12O6.C2H2O4/c7-1-2-3(8)4(9)5(10)6(11)12-2;3-1(4)2(5)6/h2-11H,1H2;(H,3,4)(H,5,6)/t2-,3-,4-,5+,6-;/m1./s1. The lowest BCUT2D eigenvalue weighted by molar-refractivity contribution is -0.286. The van der Waals surface area contributed by atoms with Gasteiger partial charge in [0.2, 0.25) is 0 Å². The van der Waals surface area contributed by atoms with E-state index in [4.69, 9.17) is 45.3 Å². The number of ether oxygens (including phenoxy) is 1. The van der Waals surface area contributed by atoms with E-state index in [-0.39, 0.29) is 0 Å². The van der Waals surface area contributed by atoms with E-state index in [1.165, 1.54) is 0 Å². The van der Waals surface area contributed by atoms with Gasteiger partial charge in [0, 0.05) is 0 Å². The Balaban J connectivity index is 0.000000411. The molecule has 1 fully saturated rings. The lowest BCUT2D eigenvalue weighted by atomic mass is 10.00. The van der Waals surface area contributed by atoms with E-state index in [1.807, 2.05) is 0 Å². The summed E-state index contributed by atoms with van der Waals surface area (Å²) in [6.07, 6.45) is -7.04. The molecule has 0 spiro atoms. The van der Waals surface area contributed by atoms with Crippen LogP contribution in [0.5, 0.6) is 0 Å². The van der Waals surface area contributed by atoms with Gasteiger partial charge in [-0.3, -0.25) is 0 Å². The van der Waals surface area contributed by atoms with Crippen LogP contribution in [0.25, 0.3) is 0 Å². The van der Waals surface area contributed by atoms with Crippen LogP contribution in [0, 0.1) is 0 Å². The Kier molecular flexibility index (Phi) is 6.68. The van der Waals surface area contributed by atoms with Crippen LogP contribution in [0.3, 0.4) is 0 Å². The van der Waals surface area contributed by atoms with Crippen molar-refractivity contribution in [2.75, 3.05) is 6.61 Å². The number of hydrogen-bond acceptors (Lipinski definition) is 8. The van der Waals surface area contributed by atoms with Gasteiger partial charge in [-0.15, -0.1) is 0 Å². The number of carbonyl (C=O) groups is 2. The summed E-state index contributed by atoms with van der Waals surface area (Å²) in [4.78, 5) is 18.2. The second-order valence-corrected chi connectivity index (χ2v) is 3.33. The third-order valence-electron chi connectivity index (χ3n) is 2.05. The van der Waals surface area contributed by atoms with Crippen molar-refractivity contribution in [1.82, 2.24) is 0 Å². The molecular formula is C8H14O10. The highest BCUT2D eigenvalue weighted by Crippen LogP contribution is 2.18. The van der Waals surface area contributed by atoms with Crippen LogP contribution in [0.4, 0.5) is 0 Å². The molecule has 1 saturated heterocycles. The molecule has 0 radical (unpaired) electrons. The zero-order valence-corrected chi connectivity index (χ0v) is 8.95. The Labute approximate surface area is 100 Å². The van der Waals surface area contributed by atoms with Crippen molar-refractivity contribution in [3.05, 3.63) is 0 Å². The van der Waals surface area contributed by atoms with Crippen LogP contribution in [0.2, 0.25) is 0 Å². The normalized spacial score (nSPS) is 35.3. The molecule has 0 amide bonds. The molecule has 1 heterocycles. The molecule has 18 heavy (non-hydrogen) atoms. The Hall–Kier alpha value is -1.30. The molecule has 0 aliphatic carbocycles. The molecule has 1 aliphatic heterocycles. The van der Waals surface area contributed by atoms with E-state index in [1.54, 1.807) is 0 Å². The first-order valence-corrected chi connectivity index (χ1v) is 4.67. The van der Waals surface area contributed by atoms with E-state index in [9.17, 15) is 0 Å². The highest BCUT2D eigenvalue weighted by Gasteiger charge is 2.42. The van der Waals surface area contributed by atoms with Crippen molar-refractivity contribution in [2.45, 2.75) is 30.7 Å². The second kappa shape index (κ2) is 7.20. The predicted molar refractivity (Wildman–Crippen MR) is 51.3 cm³/mol. The van der Waals surface area contributed by atoms with Gasteiger partial charge in [-0.1, -0.05) is 0 Å². The number of aliphatic hydroxyl groups excluding tert-OH is 5. The molecule has 10 heteroatoms. The topological polar surface area (TPSA) is 185 Å². The van der Waals surface area contributed by atoms with E-state index < -0.39 is 49.3 Å². The van der Waals surface area contributed by atoms with Gasteiger partial charge in [0.1, 0.15) is 24.4 Å². The number of carboxylic acid groups (broad SMARTS) is 2. The molecule has 0 aromatic heterocycles. The number of aliphatic hydroxyl groups is 5. The Morgan fingerprint density at radius 3 is 1.67 bits per heavy atom. The lowest BCUT2D eigenvalue weighted by Gasteiger charge is -2.37. The van der Waals surface area contributed by atoms with Gasteiger partial charge < -0.3 is 40.5 Å². The maximum Gasteiger partial charge on any atom is 0.414 e. The minimum Gasteiger partial charge on any atom is -0.473 e. The van der Waals surface area contributed by atoms with E-state index in [0.29, 0.717) is 0 Å². The van der Waals surface area contributed by atoms with Crippen LogP contribution in [0.15, 0.2) is 0 Å². The van der Waals surface area contributed by atoms with Crippen LogP contribution in [-0.4, -0.2) is 85.0 Å². The molecule has 0 unspecified atom stereocenters. The SMILES string of the molecule is O=C(O)C(=O)O.OC[C@H]1O[C@@H](O)[C@@H](O)[C@H](O)[C@@H]1O. The van der Waals surface area contributed by atoms with Crippen LogP contribution in [-0.2, 0) is 14.3 Å². The summed E-state index contributed by atoms with van der Waals surface area (Å²) >= 11 is 0. The van der Waals surface area contributed by atoms with E-state index in [0.717, 1.165) is 0 Å². The maximum atomic E-state index is 9.12. The van der Waals surface area contributed by atoms with Gasteiger partial charge in [-0.05, 0) is 0 Å². The molecule has 1 rings (SSSR count). The minimum atomic E-state index is -1.82. The number of aliphatic carboxylic acids is 2. The summed E-state index contributed by atoms with van der Waals surface area (Å²) in [7, 11) is 0. The molecule has 0 aromatic rings.